The van der Waals surface area contributed by atoms with E-state index in [1.165, 1.54) is 0 Å². The van der Waals surface area contributed by atoms with E-state index in [0.717, 1.165) is 22.4 Å². The Morgan fingerprint density at radius 2 is 1.94 bits per heavy atom. The Bertz CT molecular complexity index is 689. The van der Waals surface area contributed by atoms with E-state index in [-0.39, 0.29) is 0 Å². The number of imidazole rings is 1. The number of hydrogen-bond donors (Lipinski definition) is 1. The molecule has 4 heteroatoms. The highest BCUT2D eigenvalue weighted by molar-refractivity contribution is 5.81. The summed E-state index contributed by atoms with van der Waals surface area (Å²) in [6.07, 6.45) is 0. The van der Waals surface area contributed by atoms with Crippen molar-refractivity contribution in [1.29, 1.82) is 0 Å². The normalized spacial score (nSPS) is 10.4. The van der Waals surface area contributed by atoms with Gasteiger partial charge in [0.25, 0.3) is 6.47 Å². The van der Waals surface area contributed by atoms with E-state index in [4.69, 9.17) is 4.74 Å². The molecule has 0 saturated carbocycles. The Morgan fingerprint density at radius 3 is 2.72 bits per heavy atom. The van der Waals surface area contributed by atoms with Crippen LogP contribution in [0.3, 0.4) is 0 Å². The van der Waals surface area contributed by atoms with Crippen LogP contribution in [0.15, 0.2) is 48.5 Å². The van der Waals surface area contributed by atoms with Crippen molar-refractivity contribution >= 4 is 17.5 Å². The summed E-state index contributed by atoms with van der Waals surface area (Å²) in [5.41, 5.74) is 2.70. The van der Waals surface area contributed by atoms with Crippen molar-refractivity contribution in [1.82, 2.24) is 9.97 Å². The van der Waals surface area contributed by atoms with Gasteiger partial charge in [-0.1, -0.05) is 30.3 Å². The number of benzene rings is 2. The molecule has 0 spiro atoms. The lowest BCUT2D eigenvalue weighted by molar-refractivity contribution is -0.120. The van der Waals surface area contributed by atoms with Gasteiger partial charge in [-0.3, -0.25) is 4.79 Å². The predicted octanol–water partition coefficient (Wildman–Crippen LogP) is 2.77. The first-order valence-corrected chi connectivity index (χ1v) is 5.52. The predicted molar refractivity (Wildman–Crippen MR) is 68.2 cm³/mol. The number of fused-ring (bicyclic) bond motifs is 1. The topological polar surface area (TPSA) is 55.0 Å². The minimum atomic E-state index is 0.412. The number of H-pyrrole nitrogens is 1. The molecular weight excluding hydrogens is 228 g/mol. The number of ether oxygens (including phenoxy) is 1. The van der Waals surface area contributed by atoms with Gasteiger partial charge in [0.05, 0.1) is 11.0 Å². The number of hydrogen-bond acceptors (Lipinski definition) is 3. The van der Waals surface area contributed by atoms with Gasteiger partial charge in [0.2, 0.25) is 0 Å². The largest absolute Gasteiger partial charge is 0.429 e. The summed E-state index contributed by atoms with van der Waals surface area (Å²) in [7, 11) is 0. The van der Waals surface area contributed by atoms with Crippen molar-refractivity contribution in [3.8, 4) is 17.1 Å². The summed E-state index contributed by atoms with van der Waals surface area (Å²) >= 11 is 0. The second-order valence-corrected chi connectivity index (χ2v) is 3.84. The highest BCUT2D eigenvalue weighted by Crippen LogP contribution is 2.23. The fourth-order valence-electron chi connectivity index (χ4n) is 1.85. The zero-order valence-corrected chi connectivity index (χ0v) is 9.46. The maximum Gasteiger partial charge on any atom is 0.298 e. The Balaban J connectivity index is 2.08. The van der Waals surface area contributed by atoms with E-state index < -0.39 is 0 Å². The van der Waals surface area contributed by atoms with Gasteiger partial charge >= 0.3 is 0 Å². The molecule has 0 bridgehead atoms. The molecule has 4 nitrogen and oxygen atoms in total. The zero-order chi connectivity index (χ0) is 12.4. The van der Waals surface area contributed by atoms with Gasteiger partial charge in [-0.25, -0.2) is 4.98 Å². The number of carbonyl (C=O) groups excluding carboxylic acids is 1. The summed E-state index contributed by atoms with van der Waals surface area (Å²) in [5.74, 6) is 1.30. The van der Waals surface area contributed by atoms with Gasteiger partial charge in [-0.05, 0) is 12.1 Å². The number of rotatable bonds is 3. The standard InChI is InChI=1S/C14H10N2O2/c17-9-18-11-6-7-12-13(8-11)16-14(15-12)10-4-2-1-3-5-10/h1-9H,(H,15,16). The third-order valence-corrected chi connectivity index (χ3v) is 2.68. The lowest BCUT2D eigenvalue weighted by atomic mass is 10.2. The van der Waals surface area contributed by atoms with Crippen molar-refractivity contribution < 1.29 is 9.53 Å². The molecular formula is C14H10N2O2. The second-order valence-electron chi connectivity index (χ2n) is 3.84. The van der Waals surface area contributed by atoms with E-state index in [1.54, 1.807) is 12.1 Å². The number of aromatic nitrogens is 2. The first-order valence-electron chi connectivity index (χ1n) is 5.52. The molecule has 0 atom stereocenters. The lowest BCUT2D eigenvalue weighted by Gasteiger charge is -1.95. The van der Waals surface area contributed by atoms with Crippen molar-refractivity contribution in [2.24, 2.45) is 0 Å². The Labute approximate surface area is 103 Å². The molecule has 0 saturated heterocycles. The van der Waals surface area contributed by atoms with Crippen molar-refractivity contribution in [2.75, 3.05) is 0 Å². The molecule has 3 aromatic rings. The summed E-state index contributed by atoms with van der Waals surface area (Å²) in [6, 6.07) is 15.1. The van der Waals surface area contributed by atoms with Crippen LogP contribution in [0.2, 0.25) is 0 Å². The van der Waals surface area contributed by atoms with Crippen LogP contribution in [0.25, 0.3) is 22.4 Å². The van der Waals surface area contributed by atoms with Gasteiger partial charge < -0.3 is 9.72 Å². The monoisotopic (exact) mass is 238 g/mol. The number of nitrogens with zero attached hydrogens (tertiary/aromatic N) is 1. The van der Waals surface area contributed by atoms with Crippen LogP contribution in [0.1, 0.15) is 0 Å². The molecule has 1 aromatic heterocycles. The van der Waals surface area contributed by atoms with Crippen molar-refractivity contribution in [3.05, 3.63) is 48.5 Å². The van der Waals surface area contributed by atoms with Crippen LogP contribution in [0.4, 0.5) is 0 Å². The molecule has 18 heavy (non-hydrogen) atoms. The average molecular weight is 238 g/mol. The van der Waals surface area contributed by atoms with Crippen LogP contribution in [0, 0.1) is 0 Å². The Morgan fingerprint density at radius 1 is 1.11 bits per heavy atom. The Kier molecular flexibility index (Phi) is 2.53. The minimum absolute atomic E-state index is 0.412. The molecule has 0 fully saturated rings. The highest BCUT2D eigenvalue weighted by Gasteiger charge is 2.05. The van der Waals surface area contributed by atoms with Gasteiger partial charge in [0.15, 0.2) is 0 Å². The number of carbonyl (C=O) groups is 1. The van der Waals surface area contributed by atoms with Crippen LogP contribution in [0.5, 0.6) is 5.75 Å². The molecule has 1 N–H and O–H groups in total. The van der Waals surface area contributed by atoms with Crippen LogP contribution in [-0.4, -0.2) is 16.4 Å². The molecule has 1 heterocycles. The van der Waals surface area contributed by atoms with E-state index >= 15 is 0 Å². The lowest BCUT2D eigenvalue weighted by Crippen LogP contribution is -1.87. The summed E-state index contributed by atoms with van der Waals surface area (Å²) in [4.78, 5) is 18.0. The molecule has 0 radical (unpaired) electrons. The summed E-state index contributed by atoms with van der Waals surface area (Å²) in [5, 5.41) is 0. The third-order valence-electron chi connectivity index (χ3n) is 2.68. The van der Waals surface area contributed by atoms with E-state index in [1.807, 2.05) is 36.4 Å². The second kappa shape index (κ2) is 4.33. The van der Waals surface area contributed by atoms with Crippen LogP contribution >= 0.6 is 0 Å². The molecule has 0 amide bonds. The van der Waals surface area contributed by atoms with Crippen molar-refractivity contribution in [3.63, 3.8) is 0 Å². The Hall–Kier alpha value is -2.62. The molecule has 2 aromatic carbocycles. The fourth-order valence-corrected chi connectivity index (χ4v) is 1.85. The van der Waals surface area contributed by atoms with E-state index in [9.17, 15) is 4.79 Å². The van der Waals surface area contributed by atoms with Gasteiger partial charge in [0, 0.05) is 11.6 Å². The first-order chi connectivity index (χ1) is 8.86. The minimum Gasteiger partial charge on any atom is -0.429 e. The molecule has 0 aliphatic heterocycles. The third kappa shape index (κ3) is 1.84. The smallest absolute Gasteiger partial charge is 0.298 e. The SMILES string of the molecule is O=COc1ccc2nc(-c3ccccc3)[nH]c2c1. The summed E-state index contributed by atoms with van der Waals surface area (Å²) in [6.45, 7) is 0.412. The quantitative estimate of drug-likeness (QED) is 0.714. The van der Waals surface area contributed by atoms with Crippen molar-refractivity contribution in [2.45, 2.75) is 0 Å². The maximum atomic E-state index is 10.3. The molecule has 88 valence electrons. The fraction of sp³-hybridized carbons (Fsp3) is 0. The summed E-state index contributed by atoms with van der Waals surface area (Å²) < 4.78 is 4.80. The zero-order valence-electron chi connectivity index (χ0n) is 9.46. The van der Waals surface area contributed by atoms with Crippen LogP contribution in [-0.2, 0) is 4.79 Å². The van der Waals surface area contributed by atoms with E-state index in [0.29, 0.717) is 12.2 Å². The number of aromatic amines is 1. The molecule has 0 aliphatic carbocycles. The molecule has 0 aliphatic rings. The maximum absolute atomic E-state index is 10.3. The molecule has 3 rings (SSSR count). The average Bonchev–Trinajstić information content (AvgIpc) is 2.83. The van der Waals surface area contributed by atoms with E-state index in [2.05, 4.69) is 9.97 Å². The number of nitrogens with one attached hydrogen (secondary N) is 1. The van der Waals surface area contributed by atoms with Gasteiger partial charge in [-0.15, -0.1) is 0 Å². The highest BCUT2D eigenvalue weighted by atomic mass is 16.5. The van der Waals surface area contributed by atoms with Gasteiger partial charge in [-0.2, -0.15) is 0 Å². The van der Waals surface area contributed by atoms with Crippen LogP contribution < -0.4 is 4.74 Å². The first kappa shape index (κ1) is 10.5. The van der Waals surface area contributed by atoms with Gasteiger partial charge in [0.1, 0.15) is 11.6 Å². The molecule has 0 unspecified atom stereocenters.